The van der Waals surface area contributed by atoms with Gasteiger partial charge in [-0.1, -0.05) is 17.7 Å². The van der Waals surface area contributed by atoms with Crippen LogP contribution in [0, 0.1) is 28.4 Å². The van der Waals surface area contributed by atoms with Crippen molar-refractivity contribution >= 4 is 17.3 Å². The predicted molar refractivity (Wildman–Crippen MR) is 87.1 cm³/mol. The normalized spacial score (nSPS) is 16.0. The van der Waals surface area contributed by atoms with Crippen LogP contribution < -0.4 is 15.9 Å². The van der Waals surface area contributed by atoms with Gasteiger partial charge in [-0.2, -0.15) is 5.26 Å². The second-order valence-electron chi connectivity index (χ2n) is 5.31. The molecule has 1 atom stereocenters. The molecule has 2 N–H and O–H groups in total. The fourth-order valence-electron chi connectivity index (χ4n) is 2.64. The standard InChI is InChI=1S/C16H10ClN3O5/c1-7-4-12(21)14-15(24-7)13(9(6-18)16(19)25-14)8-2-3-10(17)11(5-8)20(22)23/h2-5,13H,19H2,1H3. The number of nitro groups is 1. The molecule has 126 valence electrons. The number of allylic oxidation sites excluding steroid dienone is 1. The quantitative estimate of drug-likeness (QED) is 0.643. The van der Waals surface area contributed by atoms with Gasteiger partial charge in [0.1, 0.15) is 22.4 Å². The highest BCUT2D eigenvalue weighted by Gasteiger charge is 2.35. The lowest BCUT2D eigenvalue weighted by Crippen LogP contribution is -2.25. The monoisotopic (exact) mass is 359 g/mol. The number of halogens is 1. The zero-order valence-electron chi connectivity index (χ0n) is 12.8. The molecule has 1 unspecified atom stereocenters. The Hall–Kier alpha value is -3.31. The molecule has 25 heavy (non-hydrogen) atoms. The van der Waals surface area contributed by atoms with Crippen molar-refractivity contribution in [2.24, 2.45) is 5.73 Å². The third-order valence-corrected chi connectivity index (χ3v) is 4.02. The van der Waals surface area contributed by atoms with Crippen molar-refractivity contribution in [3.05, 3.63) is 78.2 Å². The summed E-state index contributed by atoms with van der Waals surface area (Å²) < 4.78 is 10.8. The second kappa shape index (κ2) is 5.96. The maximum absolute atomic E-state index is 12.2. The van der Waals surface area contributed by atoms with Crippen LogP contribution in [-0.2, 0) is 0 Å². The number of ether oxygens (including phenoxy) is 1. The van der Waals surface area contributed by atoms with E-state index in [0.717, 1.165) is 0 Å². The lowest BCUT2D eigenvalue weighted by atomic mass is 9.87. The van der Waals surface area contributed by atoms with Crippen molar-refractivity contribution in [1.29, 1.82) is 5.26 Å². The molecule has 0 aliphatic carbocycles. The Bertz CT molecular complexity index is 1040. The summed E-state index contributed by atoms with van der Waals surface area (Å²) >= 11 is 5.84. The molecular formula is C16H10ClN3O5. The molecule has 8 nitrogen and oxygen atoms in total. The molecule has 3 rings (SSSR count). The Morgan fingerprint density at radius 2 is 2.12 bits per heavy atom. The van der Waals surface area contributed by atoms with Crippen LogP contribution in [0.4, 0.5) is 5.69 Å². The summed E-state index contributed by atoms with van der Waals surface area (Å²) in [7, 11) is 0. The minimum absolute atomic E-state index is 0.0159. The summed E-state index contributed by atoms with van der Waals surface area (Å²) in [5.74, 6) is -0.957. The van der Waals surface area contributed by atoms with Crippen molar-refractivity contribution in [2.75, 3.05) is 0 Å². The van der Waals surface area contributed by atoms with Gasteiger partial charge in [0.2, 0.25) is 17.1 Å². The zero-order valence-corrected chi connectivity index (χ0v) is 13.5. The van der Waals surface area contributed by atoms with E-state index in [9.17, 15) is 20.2 Å². The fourth-order valence-corrected chi connectivity index (χ4v) is 2.82. The Morgan fingerprint density at radius 3 is 2.76 bits per heavy atom. The smallest absolute Gasteiger partial charge is 0.288 e. The number of nitriles is 1. The molecule has 1 aliphatic rings. The van der Waals surface area contributed by atoms with E-state index in [2.05, 4.69) is 0 Å². The largest absolute Gasteiger partial charge is 0.461 e. The van der Waals surface area contributed by atoms with Gasteiger partial charge in [-0.15, -0.1) is 0 Å². The van der Waals surface area contributed by atoms with Crippen LogP contribution in [0.1, 0.15) is 23.0 Å². The van der Waals surface area contributed by atoms with E-state index in [0.29, 0.717) is 11.3 Å². The summed E-state index contributed by atoms with van der Waals surface area (Å²) in [4.78, 5) is 22.7. The lowest BCUT2D eigenvalue weighted by Gasteiger charge is -2.24. The van der Waals surface area contributed by atoms with E-state index in [4.69, 9.17) is 26.5 Å². The van der Waals surface area contributed by atoms with Gasteiger partial charge in [-0.3, -0.25) is 14.9 Å². The summed E-state index contributed by atoms with van der Waals surface area (Å²) in [5.41, 5.74) is 5.27. The highest BCUT2D eigenvalue weighted by molar-refractivity contribution is 6.32. The number of nitrogens with two attached hydrogens (primary N) is 1. The van der Waals surface area contributed by atoms with Gasteiger partial charge in [0.15, 0.2) is 5.76 Å². The number of benzene rings is 1. The summed E-state index contributed by atoms with van der Waals surface area (Å²) in [6, 6.07) is 7.19. The molecule has 0 radical (unpaired) electrons. The van der Waals surface area contributed by atoms with Gasteiger partial charge in [0.05, 0.1) is 10.8 Å². The van der Waals surface area contributed by atoms with Gasteiger partial charge in [0.25, 0.3) is 5.69 Å². The minimum atomic E-state index is -0.919. The first-order valence-electron chi connectivity index (χ1n) is 6.99. The van der Waals surface area contributed by atoms with E-state index in [1.54, 1.807) is 6.92 Å². The Kier molecular flexibility index (Phi) is 3.94. The van der Waals surface area contributed by atoms with Gasteiger partial charge >= 0.3 is 0 Å². The maximum atomic E-state index is 12.2. The SMILES string of the molecule is Cc1cc(=O)c2c(o1)C(c1ccc(Cl)c([N+](=O)[O-])c1)C(C#N)=C(N)O2. The molecule has 0 saturated carbocycles. The molecule has 0 spiro atoms. The number of hydrogen-bond donors (Lipinski definition) is 1. The van der Waals surface area contributed by atoms with E-state index >= 15 is 0 Å². The number of nitro benzene ring substituents is 1. The van der Waals surface area contributed by atoms with E-state index in [1.165, 1.54) is 24.3 Å². The van der Waals surface area contributed by atoms with Gasteiger partial charge in [0, 0.05) is 12.1 Å². The summed E-state index contributed by atoms with van der Waals surface area (Å²) in [6.07, 6.45) is 0. The van der Waals surface area contributed by atoms with Crippen LogP contribution in [0.25, 0.3) is 0 Å². The third kappa shape index (κ3) is 2.70. The van der Waals surface area contributed by atoms with Gasteiger partial charge in [-0.05, 0) is 18.6 Å². The van der Waals surface area contributed by atoms with Gasteiger partial charge in [-0.25, -0.2) is 0 Å². The van der Waals surface area contributed by atoms with Crippen molar-refractivity contribution in [1.82, 2.24) is 0 Å². The lowest BCUT2D eigenvalue weighted by molar-refractivity contribution is -0.384. The molecule has 1 aliphatic heterocycles. The molecule has 0 bridgehead atoms. The molecule has 2 aromatic rings. The topological polar surface area (TPSA) is 132 Å². The van der Waals surface area contributed by atoms with Gasteiger partial charge < -0.3 is 14.9 Å². The highest BCUT2D eigenvalue weighted by atomic mass is 35.5. The third-order valence-electron chi connectivity index (χ3n) is 3.70. The predicted octanol–water partition coefficient (Wildman–Crippen LogP) is 2.73. The first-order chi connectivity index (χ1) is 11.8. The van der Waals surface area contributed by atoms with Crippen molar-refractivity contribution < 1.29 is 14.1 Å². The Labute approximate surface area is 145 Å². The number of nitrogens with zero attached hydrogens (tertiary/aromatic N) is 2. The summed E-state index contributed by atoms with van der Waals surface area (Å²) in [6.45, 7) is 1.57. The van der Waals surface area contributed by atoms with E-state index in [1.807, 2.05) is 6.07 Å². The van der Waals surface area contributed by atoms with Crippen LogP contribution >= 0.6 is 11.6 Å². The fraction of sp³-hybridized carbons (Fsp3) is 0.125. The first kappa shape index (κ1) is 16.5. The maximum Gasteiger partial charge on any atom is 0.288 e. The highest BCUT2D eigenvalue weighted by Crippen LogP contribution is 2.42. The van der Waals surface area contributed by atoms with Crippen LogP contribution in [-0.4, -0.2) is 4.92 Å². The first-order valence-corrected chi connectivity index (χ1v) is 7.37. The van der Waals surface area contributed by atoms with Crippen molar-refractivity contribution in [2.45, 2.75) is 12.8 Å². The second-order valence-corrected chi connectivity index (χ2v) is 5.71. The van der Waals surface area contributed by atoms with Crippen LogP contribution in [0.15, 0.2) is 44.9 Å². The molecule has 2 heterocycles. The molecule has 1 aromatic carbocycles. The Morgan fingerprint density at radius 1 is 1.40 bits per heavy atom. The molecular weight excluding hydrogens is 350 g/mol. The number of rotatable bonds is 2. The van der Waals surface area contributed by atoms with Crippen LogP contribution in [0.5, 0.6) is 5.75 Å². The Balaban J connectivity index is 2.31. The number of hydrogen-bond acceptors (Lipinski definition) is 7. The van der Waals surface area contributed by atoms with Crippen molar-refractivity contribution in [3.8, 4) is 11.8 Å². The number of fused-ring (bicyclic) bond motifs is 1. The van der Waals surface area contributed by atoms with Crippen molar-refractivity contribution in [3.63, 3.8) is 0 Å². The number of aryl methyl sites for hydroxylation is 1. The molecule has 9 heteroatoms. The van der Waals surface area contributed by atoms with E-state index in [-0.39, 0.29) is 33.7 Å². The zero-order chi connectivity index (χ0) is 18.3. The average Bonchev–Trinajstić information content (AvgIpc) is 2.55. The van der Waals surface area contributed by atoms with E-state index < -0.39 is 16.3 Å². The summed E-state index contributed by atoms with van der Waals surface area (Å²) in [5, 5.41) is 20.5. The molecule has 0 fully saturated rings. The minimum Gasteiger partial charge on any atom is -0.461 e. The molecule has 0 saturated heterocycles. The van der Waals surface area contributed by atoms with Crippen LogP contribution in [0.3, 0.4) is 0 Å². The molecule has 0 amide bonds. The van der Waals surface area contributed by atoms with Crippen LogP contribution in [0.2, 0.25) is 5.02 Å². The average molecular weight is 360 g/mol. The molecule has 1 aromatic heterocycles.